The SMILES string of the molecule is CCNC(=NCC(C)CN1CCCC1)NCCOCCC(C)C. The second-order valence-electron chi connectivity index (χ2n) is 7.05. The summed E-state index contributed by atoms with van der Waals surface area (Å²) < 4.78 is 5.64. The van der Waals surface area contributed by atoms with Crippen LogP contribution < -0.4 is 10.6 Å². The Morgan fingerprint density at radius 3 is 2.52 bits per heavy atom. The third kappa shape index (κ3) is 10.6. The van der Waals surface area contributed by atoms with E-state index >= 15 is 0 Å². The number of hydrogen-bond donors (Lipinski definition) is 2. The van der Waals surface area contributed by atoms with E-state index in [0.717, 1.165) is 45.2 Å². The zero-order chi connectivity index (χ0) is 16.9. The van der Waals surface area contributed by atoms with Crippen molar-refractivity contribution in [2.75, 3.05) is 52.5 Å². The van der Waals surface area contributed by atoms with Crippen molar-refractivity contribution < 1.29 is 4.74 Å². The van der Waals surface area contributed by atoms with Crippen LogP contribution in [-0.2, 0) is 4.74 Å². The third-order valence-corrected chi connectivity index (χ3v) is 4.05. The molecule has 0 aliphatic carbocycles. The number of rotatable bonds is 11. The predicted octanol–water partition coefficient (Wildman–Crippen LogP) is 2.34. The molecule has 136 valence electrons. The molecule has 0 aromatic carbocycles. The molecule has 1 heterocycles. The Labute approximate surface area is 143 Å². The van der Waals surface area contributed by atoms with E-state index < -0.39 is 0 Å². The minimum atomic E-state index is 0.603. The molecule has 1 atom stereocenters. The summed E-state index contributed by atoms with van der Waals surface area (Å²) in [6.07, 6.45) is 3.84. The first-order chi connectivity index (χ1) is 11.1. The quantitative estimate of drug-likeness (QED) is 0.348. The lowest BCUT2D eigenvalue weighted by atomic mass is 10.1. The summed E-state index contributed by atoms with van der Waals surface area (Å²) in [6.45, 7) is 16.7. The van der Waals surface area contributed by atoms with Gasteiger partial charge in [0.2, 0.25) is 0 Å². The Bertz CT molecular complexity index is 314. The maximum absolute atomic E-state index is 5.64. The molecule has 1 rings (SSSR count). The van der Waals surface area contributed by atoms with Gasteiger partial charge in [-0.2, -0.15) is 0 Å². The number of likely N-dealkylation sites (tertiary alicyclic amines) is 1. The van der Waals surface area contributed by atoms with Crippen LogP contribution in [0.5, 0.6) is 0 Å². The van der Waals surface area contributed by atoms with Crippen LogP contribution in [0.3, 0.4) is 0 Å². The molecule has 1 saturated heterocycles. The van der Waals surface area contributed by atoms with E-state index in [1.807, 2.05) is 0 Å². The van der Waals surface area contributed by atoms with E-state index in [4.69, 9.17) is 9.73 Å². The molecule has 5 heteroatoms. The number of nitrogens with one attached hydrogen (secondary N) is 2. The van der Waals surface area contributed by atoms with E-state index in [-0.39, 0.29) is 0 Å². The van der Waals surface area contributed by atoms with Crippen LogP contribution in [0.2, 0.25) is 0 Å². The molecule has 0 bridgehead atoms. The van der Waals surface area contributed by atoms with Gasteiger partial charge in [-0.1, -0.05) is 20.8 Å². The monoisotopic (exact) mass is 326 g/mol. The molecular weight excluding hydrogens is 288 g/mol. The van der Waals surface area contributed by atoms with Crippen molar-refractivity contribution in [1.82, 2.24) is 15.5 Å². The molecule has 0 radical (unpaired) electrons. The van der Waals surface area contributed by atoms with Gasteiger partial charge in [-0.25, -0.2) is 0 Å². The lowest BCUT2D eigenvalue weighted by Gasteiger charge is -2.19. The average molecular weight is 327 g/mol. The molecule has 2 N–H and O–H groups in total. The largest absolute Gasteiger partial charge is 0.380 e. The summed E-state index contributed by atoms with van der Waals surface area (Å²) in [6, 6.07) is 0. The zero-order valence-corrected chi connectivity index (χ0v) is 15.7. The maximum atomic E-state index is 5.64. The molecule has 1 aliphatic rings. The standard InChI is InChI=1S/C18H38N4O/c1-5-19-18(20-9-13-23-12-8-16(2)3)21-14-17(4)15-22-10-6-7-11-22/h16-17H,5-15H2,1-4H3,(H2,19,20,21). The fourth-order valence-electron chi connectivity index (χ4n) is 2.72. The summed E-state index contributed by atoms with van der Waals surface area (Å²) in [5.74, 6) is 2.22. The highest BCUT2D eigenvalue weighted by Gasteiger charge is 2.14. The summed E-state index contributed by atoms with van der Waals surface area (Å²) in [5, 5.41) is 6.67. The van der Waals surface area contributed by atoms with Crippen LogP contribution >= 0.6 is 0 Å². The number of aliphatic imine (C=N–C) groups is 1. The Morgan fingerprint density at radius 2 is 1.87 bits per heavy atom. The number of ether oxygens (including phenoxy) is 1. The molecule has 1 aliphatic heterocycles. The summed E-state index contributed by atoms with van der Waals surface area (Å²) in [4.78, 5) is 7.27. The predicted molar refractivity (Wildman–Crippen MR) is 99.1 cm³/mol. The molecule has 0 aromatic rings. The van der Waals surface area contributed by atoms with Gasteiger partial charge >= 0.3 is 0 Å². The van der Waals surface area contributed by atoms with Crippen molar-refractivity contribution >= 4 is 5.96 Å². The van der Waals surface area contributed by atoms with Gasteiger partial charge in [-0.05, 0) is 51.1 Å². The van der Waals surface area contributed by atoms with E-state index in [9.17, 15) is 0 Å². The molecule has 0 saturated carbocycles. The smallest absolute Gasteiger partial charge is 0.191 e. The van der Waals surface area contributed by atoms with Gasteiger partial charge in [-0.15, -0.1) is 0 Å². The van der Waals surface area contributed by atoms with Crippen molar-refractivity contribution in [1.29, 1.82) is 0 Å². The van der Waals surface area contributed by atoms with E-state index in [0.29, 0.717) is 11.8 Å². The maximum Gasteiger partial charge on any atom is 0.191 e. The van der Waals surface area contributed by atoms with E-state index in [1.54, 1.807) is 0 Å². The first-order valence-corrected chi connectivity index (χ1v) is 9.44. The number of nitrogens with zero attached hydrogens (tertiary/aromatic N) is 2. The van der Waals surface area contributed by atoms with Crippen molar-refractivity contribution in [2.24, 2.45) is 16.8 Å². The van der Waals surface area contributed by atoms with Crippen LogP contribution in [0.15, 0.2) is 4.99 Å². The van der Waals surface area contributed by atoms with Crippen molar-refractivity contribution in [3.05, 3.63) is 0 Å². The average Bonchev–Trinajstić information content (AvgIpc) is 3.00. The number of guanidine groups is 1. The van der Waals surface area contributed by atoms with E-state index in [1.165, 1.54) is 32.5 Å². The van der Waals surface area contributed by atoms with Crippen LogP contribution in [0.4, 0.5) is 0 Å². The Hall–Kier alpha value is -0.810. The van der Waals surface area contributed by atoms with Crippen LogP contribution in [0.1, 0.15) is 47.0 Å². The van der Waals surface area contributed by atoms with Crippen LogP contribution in [0.25, 0.3) is 0 Å². The van der Waals surface area contributed by atoms with Gasteiger partial charge in [0.1, 0.15) is 0 Å². The second-order valence-corrected chi connectivity index (χ2v) is 7.05. The minimum Gasteiger partial charge on any atom is -0.380 e. The highest BCUT2D eigenvalue weighted by molar-refractivity contribution is 5.79. The highest BCUT2D eigenvalue weighted by Crippen LogP contribution is 2.10. The van der Waals surface area contributed by atoms with Gasteiger partial charge < -0.3 is 20.3 Å². The molecule has 0 spiro atoms. The summed E-state index contributed by atoms with van der Waals surface area (Å²) in [5.41, 5.74) is 0. The molecular formula is C18H38N4O. The van der Waals surface area contributed by atoms with Crippen molar-refractivity contribution in [3.63, 3.8) is 0 Å². The minimum absolute atomic E-state index is 0.603. The first kappa shape index (κ1) is 20.2. The molecule has 0 amide bonds. The zero-order valence-electron chi connectivity index (χ0n) is 15.7. The topological polar surface area (TPSA) is 48.9 Å². The highest BCUT2D eigenvalue weighted by atomic mass is 16.5. The Morgan fingerprint density at radius 1 is 1.13 bits per heavy atom. The molecule has 0 aromatic heterocycles. The lowest BCUT2D eigenvalue weighted by molar-refractivity contribution is 0.128. The Kier molecular flexibility index (Phi) is 11.1. The van der Waals surface area contributed by atoms with E-state index in [2.05, 4.69) is 43.2 Å². The van der Waals surface area contributed by atoms with Crippen molar-refractivity contribution in [2.45, 2.75) is 47.0 Å². The Balaban J connectivity index is 2.18. The third-order valence-electron chi connectivity index (χ3n) is 4.05. The van der Waals surface area contributed by atoms with Gasteiger partial charge in [0.25, 0.3) is 0 Å². The number of hydrogen-bond acceptors (Lipinski definition) is 3. The van der Waals surface area contributed by atoms with Crippen LogP contribution in [-0.4, -0.2) is 63.3 Å². The fourth-order valence-corrected chi connectivity index (χ4v) is 2.72. The van der Waals surface area contributed by atoms with Crippen molar-refractivity contribution in [3.8, 4) is 0 Å². The molecule has 1 unspecified atom stereocenters. The summed E-state index contributed by atoms with van der Waals surface area (Å²) in [7, 11) is 0. The fraction of sp³-hybridized carbons (Fsp3) is 0.944. The van der Waals surface area contributed by atoms with Crippen LogP contribution in [0, 0.1) is 11.8 Å². The normalized spacial score (nSPS) is 17.7. The van der Waals surface area contributed by atoms with Gasteiger partial charge in [0.15, 0.2) is 5.96 Å². The lowest BCUT2D eigenvalue weighted by Crippen LogP contribution is -2.39. The van der Waals surface area contributed by atoms with Gasteiger partial charge in [0.05, 0.1) is 6.61 Å². The van der Waals surface area contributed by atoms with Gasteiger partial charge in [-0.3, -0.25) is 4.99 Å². The first-order valence-electron chi connectivity index (χ1n) is 9.44. The summed E-state index contributed by atoms with van der Waals surface area (Å²) >= 11 is 0. The van der Waals surface area contributed by atoms with Gasteiger partial charge in [0, 0.05) is 32.8 Å². The molecule has 23 heavy (non-hydrogen) atoms. The molecule has 1 fully saturated rings. The second kappa shape index (κ2) is 12.6. The molecule has 5 nitrogen and oxygen atoms in total.